The van der Waals surface area contributed by atoms with Gasteiger partial charge in [-0.15, -0.1) is 6.58 Å². The van der Waals surface area contributed by atoms with Crippen molar-refractivity contribution in [2.45, 2.75) is 13.0 Å². The predicted molar refractivity (Wildman–Crippen MR) is 172 cm³/mol. The maximum absolute atomic E-state index is 13.7. The number of ether oxygens (including phenoxy) is 2. The van der Waals surface area contributed by atoms with Crippen molar-refractivity contribution >= 4 is 51.3 Å². The number of hydrogen-bond donors (Lipinski definition) is 0. The van der Waals surface area contributed by atoms with Gasteiger partial charge in [0.1, 0.15) is 12.2 Å². The van der Waals surface area contributed by atoms with Gasteiger partial charge in [0, 0.05) is 26.6 Å². The van der Waals surface area contributed by atoms with Crippen molar-refractivity contribution in [2.75, 3.05) is 7.11 Å². The molecule has 2 heterocycles. The highest BCUT2D eigenvalue weighted by Gasteiger charge is 2.18. The van der Waals surface area contributed by atoms with Gasteiger partial charge in [-0.05, 0) is 66.6 Å². The summed E-state index contributed by atoms with van der Waals surface area (Å²) in [5, 5.41) is 7.00. The molecule has 4 aromatic carbocycles. The highest BCUT2D eigenvalue weighted by atomic mass is 35.5. The molecule has 9 heteroatoms. The van der Waals surface area contributed by atoms with Gasteiger partial charge in [-0.25, -0.2) is 4.98 Å². The smallest absolute Gasteiger partial charge is 0.282 e. The summed E-state index contributed by atoms with van der Waals surface area (Å²) in [6.07, 6.45) is 3.87. The largest absolute Gasteiger partial charge is 0.493 e. The van der Waals surface area contributed by atoms with Crippen molar-refractivity contribution in [3.05, 3.63) is 135 Å². The van der Waals surface area contributed by atoms with Crippen LogP contribution in [0.3, 0.4) is 0 Å². The van der Waals surface area contributed by atoms with Gasteiger partial charge >= 0.3 is 0 Å². The van der Waals surface area contributed by atoms with Crippen LogP contribution in [0.15, 0.2) is 112 Å². The van der Waals surface area contributed by atoms with E-state index in [0.29, 0.717) is 55.8 Å². The van der Waals surface area contributed by atoms with E-state index in [0.717, 1.165) is 16.5 Å². The Hall–Kier alpha value is -4.85. The van der Waals surface area contributed by atoms with Crippen molar-refractivity contribution < 1.29 is 13.9 Å². The number of para-hydroxylation sites is 1. The van der Waals surface area contributed by atoms with Crippen molar-refractivity contribution in [1.82, 2.24) is 9.66 Å². The van der Waals surface area contributed by atoms with Gasteiger partial charge in [0.25, 0.3) is 5.56 Å². The van der Waals surface area contributed by atoms with Crippen LogP contribution in [0.25, 0.3) is 33.5 Å². The number of aromatic nitrogens is 2. The molecule has 0 aliphatic rings. The number of hydrogen-bond acceptors (Lipinski definition) is 6. The van der Waals surface area contributed by atoms with E-state index < -0.39 is 0 Å². The lowest BCUT2D eigenvalue weighted by Crippen LogP contribution is -2.20. The fraction of sp³-hybridized carbons (Fsp3) is 0.0882. The predicted octanol–water partition coefficient (Wildman–Crippen LogP) is 8.31. The number of benzene rings is 4. The average molecular weight is 610 g/mol. The Bertz CT molecular complexity index is 2080. The Labute approximate surface area is 257 Å². The number of halogens is 2. The number of methoxy groups -OCH3 is 1. The van der Waals surface area contributed by atoms with Gasteiger partial charge in [-0.1, -0.05) is 59.6 Å². The summed E-state index contributed by atoms with van der Waals surface area (Å²) in [7, 11) is 1.57. The molecule has 0 bridgehead atoms. The van der Waals surface area contributed by atoms with Crippen LogP contribution in [-0.2, 0) is 13.0 Å². The zero-order valence-corrected chi connectivity index (χ0v) is 24.6. The molecule has 7 nitrogen and oxygen atoms in total. The fourth-order valence-corrected chi connectivity index (χ4v) is 5.16. The number of fused-ring (bicyclic) bond motifs is 2. The average Bonchev–Trinajstić information content (AvgIpc) is 3.43. The van der Waals surface area contributed by atoms with E-state index in [-0.39, 0.29) is 18.0 Å². The molecule has 6 aromatic rings. The number of nitrogens with zero attached hydrogens (tertiary/aromatic N) is 3. The van der Waals surface area contributed by atoms with E-state index in [1.54, 1.807) is 67.9 Å². The fourth-order valence-electron chi connectivity index (χ4n) is 4.79. The van der Waals surface area contributed by atoms with Gasteiger partial charge in [-0.2, -0.15) is 9.78 Å². The molecule has 0 aliphatic heterocycles. The molecule has 0 radical (unpaired) electrons. The van der Waals surface area contributed by atoms with Crippen LogP contribution in [-0.4, -0.2) is 23.0 Å². The third kappa shape index (κ3) is 5.78. The Kier molecular flexibility index (Phi) is 8.01. The maximum atomic E-state index is 13.7. The second kappa shape index (κ2) is 12.2. The van der Waals surface area contributed by atoms with Crippen LogP contribution < -0.4 is 15.0 Å². The Morgan fingerprint density at radius 1 is 1.00 bits per heavy atom. The number of allylic oxidation sites excluding steroid dienone is 1. The molecular weight excluding hydrogens is 585 g/mol. The molecule has 0 unspecified atom stereocenters. The van der Waals surface area contributed by atoms with Gasteiger partial charge in [0.15, 0.2) is 17.3 Å². The zero-order valence-electron chi connectivity index (χ0n) is 23.1. The molecule has 0 N–H and O–H groups in total. The van der Waals surface area contributed by atoms with Crippen molar-refractivity contribution in [1.29, 1.82) is 0 Å². The normalized spacial score (nSPS) is 11.4. The van der Waals surface area contributed by atoms with Crippen molar-refractivity contribution in [2.24, 2.45) is 5.10 Å². The van der Waals surface area contributed by atoms with Crippen LogP contribution in [0.4, 0.5) is 0 Å². The minimum Gasteiger partial charge on any atom is -0.493 e. The first kappa shape index (κ1) is 28.3. The molecule has 43 heavy (non-hydrogen) atoms. The van der Waals surface area contributed by atoms with Crippen molar-refractivity contribution in [3.8, 4) is 23.1 Å². The first-order chi connectivity index (χ1) is 20.9. The quantitative estimate of drug-likeness (QED) is 0.122. The highest BCUT2D eigenvalue weighted by Crippen LogP contribution is 2.35. The minimum absolute atomic E-state index is 0.255. The summed E-state index contributed by atoms with van der Waals surface area (Å²) < 4.78 is 19.2. The molecule has 0 atom stereocenters. The first-order valence-electron chi connectivity index (χ1n) is 13.4. The monoisotopic (exact) mass is 609 g/mol. The number of furan rings is 1. The second-order valence-electron chi connectivity index (χ2n) is 9.69. The SMILES string of the molecule is C=CCc1cc(C=Nn2c(-c3cc4cc(Cl)ccc4o3)nc3ccccc3c2=O)cc(OC)c1OCc1ccccc1Cl. The summed E-state index contributed by atoms with van der Waals surface area (Å²) in [4.78, 5) is 18.4. The van der Waals surface area contributed by atoms with E-state index in [1.807, 2.05) is 36.4 Å². The topological polar surface area (TPSA) is 78.9 Å². The van der Waals surface area contributed by atoms with Crippen molar-refractivity contribution in [3.63, 3.8) is 0 Å². The Morgan fingerprint density at radius 3 is 2.63 bits per heavy atom. The molecule has 2 aromatic heterocycles. The Morgan fingerprint density at radius 2 is 1.81 bits per heavy atom. The second-order valence-corrected chi connectivity index (χ2v) is 10.5. The van der Waals surface area contributed by atoms with Gasteiger partial charge in [-0.3, -0.25) is 4.79 Å². The lowest BCUT2D eigenvalue weighted by Gasteiger charge is -2.16. The van der Waals surface area contributed by atoms with E-state index in [9.17, 15) is 4.79 Å². The number of rotatable bonds is 9. The zero-order chi connectivity index (χ0) is 29.9. The molecule has 0 saturated heterocycles. The summed E-state index contributed by atoms with van der Waals surface area (Å²) in [5.74, 6) is 1.72. The summed E-state index contributed by atoms with van der Waals surface area (Å²) >= 11 is 12.5. The minimum atomic E-state index is -0.340. The lowest BCUT2D eigenvalue weighted by atomic mass is 10.1. The molecule has 214 valence electrons. The van der Waals surface area contributed by atoms with Crippen LogP contribution >= 0.6 is 23.2 Å². The molecule has 6 rings (SSSR count). The highest BCUT2D eigenvalue weighted by molar-refractivity contribution is 6.31. The lowest BCUT2D eigenvalue weighted by molar-refractivity contribution is 0.282. The van der Waals surface area contributed by atoms with E-state index >= 15 is 0 Å². The van der Waals surface area contributed by atoms with Gasteiger partial charge in [0.05, 0.1) is 24.2 Å². The molecule has 0 aliphatic carbocycles. The standard InChI is InChI=1S/C34H25Cl2N3O4/c1-3-8-22-15-21(16-30(41-2)32(22)42-20-23-9-4-6-11-27(23)36)19-37-39-33(38-28-12-7-5-10-26(28)34(39)40)31-18-24-17-25(35)13-14-29(24)43-31/h3-7,9-19H,1,8,20H2,2H3. The van der Waals surface area contributed by atoms with Crippen LogP contribution in [0.2, 0.25) is 10.0 Å². The molecule has 0 fully saturated rings. The van der Waals surface area contributed by atoms with Gasteiger partial charge in [0.2, 0.25) is 5.82 Å². The third-order valence-corrected chi connectivity index (χ3v) is 7.45. The maximum Gasteiger partial charge on any atom is 0.282 e. The van der Waals surface area contributed by atoms with Crippen LogP contribution in [0, 0.1) is 0 Å². The molecule has 0 saturated carbocycles. The van der Waals surface area contributed by atoms with Gasteiger partial charge < -0.3 is 13.9 Å². The van der Waals surface area contributed by atoms with E-state index in [1.165, 1.54) is 4.68 Å². The third-order valence-electron chi connectivity index (χ3n) is 6.84. The molecule has 0 amide bonds. The summed E-state index contributed by atoms with van der Waals surface area (Å²) in [6, 6.07) is 25.4. The van der Waals surface area contributed by atoms with E-state index in [4.69, 9.17) is 42.1 Å². The van der Waals surface area contributed by atoms with Crippen LogP contribution in [0.5, 0.6) is 11.5 Å². The molecular formula is C34H25Cl2N3O4. The van der Waals surface area contributed by atoms with E-state index in [2.05, 4.69) is 11.7 Å². The summed E-state index contributed by atoms with van der Waals surface area (Å²) in [6.45, 7) is 4.16. The Balaban J connectivity index is 1.43. The first-order valence-corrected chi connectivity index (χ1v) is 14.1. The molecule has 0 spiro atoms. The van der Waals surface area contributed by atoms with Crippen LogP contribution in [0.1, 0.15) is 16.7 Å². The summed E-state index contributed by atoms with van der Waals surface area (Å²) in [5.41, 5.74) is 3.17.